The highest BCUT2D eigenvalue weighted by Crippen LogP contribution is 2.13. The summed E-state index contributed by atoms with van der Waals surface area (Å²) in [4.78, 5) is 11.9. The third kappa shape index (κ3) is 5.19. The Kier molecular flexibility index (Phi) is 6.93. The largest absolute Gasteiger partial charge is 0.339 e. The van der Waals surface area contributed by atoms with Crippen molar-refractivity contribution in [2.75, 3.05) is 0 Å². The number of Topliss-reactive ketones (excluding diaryl/α,β-unsaturated/α-hetero) is 1. The van der Waals surface area contributed by atoms with E-state index >= 15 is 0 Å². The highest BCUT2D eigenvalue weighted by atomic mass is 19.1. The van der Waals surface area contributed by atoms with Crippen molar-refractivity contribution < 1.29 is 9.18 Å². The maximum absolute atomic E-state index is 13.0. The quantitative estimate of drug-likeness (QED) is 0.465. The van der Waals surface area contributed by atoms with E-state index in [1.807, 2.05) is 54.9 Å². The van der Waals surface area contributed by atoms with E-state index in [4.69, 9.17) is 0 Å². The van der Waals surface area contributed by atoms with E-state index in [1.54, 1.807) is 18.2 Å². The molecule has 0 spiro atoms. The van der Waals surface area contributed by atoms with Gasteiger partial charge in [0.2, 0.25) is 0 Å². The van der Waals surface area contributed by atoms with Crippen molar-refractivity contribution in [1.82, 2.24) is 4.57 Å². The molecule has 2 aromatic carbocycles. The van der Waals surface area contributed by atoms with Gasteiger partial charge in [0.05, 0.1) is 5.69 Å². The number of hydrogen-bond donors (Lipinski definition) is 0. The average molecular weight is 347 g/mol. The molecule has 3 heteroatoms. The van der Waals surface area contributed by atoms with Gasteiger partial charge in [-0.1, -0.05) is 56.0 Å². The molecule has 0 amide bonds. The van der Waals surface area contributed by atoms with Crippen LogP contribution in [-0.4, -0.2) is 10.4 Å². The summed E-state index contributed by atoms with van der Waals surface area (Å²) in [5, 5.41) is 0. The fraction of sp³-hybridized carbons (Fsp3) is 0.174. The van der Waals surface area contributed by atoms with Crippen molar-refractivity contribution in [3.8, 4) is 11.8 Å². The number of carbonyl (C=O) groups is 1. The van der Waals surface area contributed by atoms with Gasteiger partial charge >= 0.3 is 0 Å². The molecule has 1 aromatic heterocycles. The lowest BCUT2D eigenvalue weighted by Crippen LogP contribution is -2.06. The van der Waals surface area contributed by atoms with Gasteiger partial charge in [-0.05, 0) is 35.9 Å². The third-order valence-electron chi connectivity index (χ3n) is 3.65. The summed E-state index contributed by atoms with van der Waals surface area (Å²) in [6.07, 6.45) is 1.86. The van der Waals surface area contributed by atoms with Gasteiger partial charge in [0.15, 0.2) is 5.78 Å². The standard InChI is InChI=1S/C21H16FNO.C2H6/c1-16(24)21-13-19(8-7-17-5-3-2-4-6-17)15-23(21)14-18-9-11-20(22)12-10-18;1-2/h2-6,9-13,15H,14H2,1H3;1-2H3. The fourth-order valence-corrected chi connectivity index (χ4v) is 2.46. The summed E-state index contributed by atoms with van der Waals surface area (Å²) in [5.74, 6) is 5.88. The first-order chi connectivity index (χ1) is 12.6. The number of benzene rings is 2. The lowest BCUT2D eigenvalue weighted by atomic mass is 10.2. The lowest BCUT2D eigenvalue weighted by Gasteiger charge is -2.06. The molecular weight excluding hydrogens is 325 g/mol. The van der Waals surface area contributed by atoms with Crippen molar-refractivity contribution in [2.24, 2.45) is 0 Å². The minimum absolute atomic E-state index is 0.0233. The molecule has 0 N–H and O–H groups in total. The molecule has 0 atom stereocenters. The zero-order valence-corrected chi connectivity index (χ0v) is 15.3. The van der Waals surface area contributed by atoms with Crippen LogP contribution in [0.4, 0.5) is 4.39 Å². The van der Waals surface area contributed by atoms with Gasteiger partial charge in [-0.2, -0.15) is 0 Å². The number of ketones is 1. The van der Waals surface area contributed by atoms with Crippen molar-refractivity contribution in [3.05, 3.63) is 95.1 Å². The predicted molar refractivity (Wildman–Crippen MR) is 104 cm³/mol. The second-order valence-corrected chi connectivity index (χ2v) is 5.54. The summed E-state index contributed by atoms with van der Waals surface area (Å²) in [6, 6.07) is 17.8. The summed E-state index contributed by atoms with van der Waals surface area (Å²) < 4.78 is 14.9. The number of halogens is 1. The number of nitrogens with zero attached hydrogens (tertiary/aromatic N) is 1. The van der Waals surface area contributed by atoms with Crippen LogP contribution in [-0.2, 0) is 6.54 Å². The number of hydrogen-bond acceptors (Lipinski definition) is 1. The first-order valence-electron chi connectivity index (χ1n) is 8.64. The summed E-state index contributed by atoms with van der Waals surface area (Å²) in [5.41, 5.74) is 3.23. The molecule has 0 radical (unpaired) electrons. The third-order valence-corrected chi connectivity index (χ3v) is 3.65. The second kappa shape index (κ2) is 9.39. The number of rotatable bonds is 3. The SMILES string of the molecule is CC.CC(=O)c1cc(C#Cc2ccccc2)cn1Cc1ccc(F)cc1. The Morgan fingerprint density at radius 2 is 1.58 bits per heavy atom. The van der Waals surface area contributed by atoms with Crippen LogP contribution in [0.3, 0.4) is 0 Å². The van der Waals surface area contributed by atoms with Crippen LogP contribution in [0.1, 0.15) is 48.0 Å². The predicted octanol–water partition coefficient (Wildman–Crippen LogP) is 5.30. The van der Waals surface area contributed by atoms with Gasteiger partial charge in [-0.15, -0.1) is 0 Å². The highest BCUT2D eigenvalue weighted by Gasteiger charge is 2.09. The van der Waals surface area contributed by atoms with Gasteiger partial charge in [-0.3, -0.25) is 4.79 Å². The van der Waals surface area contributed by atoms with Crippen molar-refractivity contribution in [3.63, 3.8) is 0 Å². The summed E-state index contributed by atoms with van der Waals surface area (Å²) in [6.45, 7) is 6.03. The molecule has 26 heavy (non-hydrogen) atoms. The van der Waals surface area contributed by atoms with E-state index < -0.39 is 0 Å². The molecule has 3 aromatic rings. The molecule has 132 valence electrons. The Balaban J connectivity index is 0.00000117. The van der Waals surface area contributed by atoms with Crippen LogP contribution in [0.5, 0.6) is 0 Å². The molecule has 0 saturated heterocycles. The van der Waals surface area contributed by atoms with E-state index in [0.29, 0.717) is 12.2 Å². The van der Waals surface area contributed by atoms with Crippen LogP contribution in [0.2, 0.25) is 0 Å². The smallest absolute Gasteiger partial charge is 0.176 e. The Hall–Kier alpha value is -3.12. The highest BCUT2D eigenvalue weighted by molar-refractivity contribution is 5.93. The summed E-state index contributed by atoms with van der Waals surface area (Å²) >= 11 is 0. The van der Waals surface area contributed by atoms with Crippen molar-refractivity contribution >= 4 is 5.78 Å². The molecule has 1 heterocycles. The van der Waals surface area contributed by atoms with Gasteiger partial charge in [0.1, 0.15) is 5.82 Å². The molecule has 0 aliphatic heterocycles. The first kappa shape index (κ1) is 19.2. The van der Waals surface area contributed by atoms with E-state index in [0.717, 1.165) is 16.7 Å². The molecule has 2 nitrogen and oxygen atoms in total. The van der Waals surface area contributed by atoms with E-state index in [1.165, 1.54) is 19.1 Å². The molecule has 0 aliphatic rings. The normalized spacial score (nSPS) is 9.54. The monoisotopic (exact) mass is 347 g/mol. The first-order valence-corrected chi connectivity index (χ1v) is 8.64. The minimum atomic E-state index is -0.271. The molecule has 3 rings (SSSR count). The van der Waals surface area contributed by atoms with Gasteiger partial charge < -0.3 is 4.57 Å². The van der Waals surface area contributed by atoms with Crippen LogP contribution in [0.15, 0.2) is 66.9 Å². The zero-order chi connectivity index (χ0) is 18.9. The topological polar surface area (TPSA) is 22.0 Å². The van der Waals surface area contributed by atoms with Gasteiger partial charge in [0.25, 0.3) is 0 Å². The maximum Gasteiger partial charge on any atom is 0.176 e. The van der Waals surface area contributed by atoms with Gasteiger partial charge in [-0.25, -0.2) is 4.39 Å². The van der Waals surface area contributed by atoms with Crippen molar-refractivity contribution in [2.45, 2.75) is 27.3 Å². The Morgan fingerprint density at radius 3 is 2.19 bits per heavy atom. The average Bonchev–Trinajstić information content (AvgIpc) is 3.07. The molecule has 0 bridgehead atoms. The van der Waals surface area contributed by atoms with E-state index in [-0.39, 0.29) is 11.6 Å². The molecule has 0 saturated carbocycles. The molecule has 0 fully saturated rings. The van der Waals surface area contributed by atoms with Gasteiger partial charge in [0, 0.05) is 30.8 Å². The number of carbonyl (C=O) groups excluding carboxylic acids is 1. The molecular formula is C23H22FNO. The van der Waals surface area contributed by atoms with Crippen LogP contribution in [0.25, 0.3) is 0 Å². The molecule has 0 aliphatic carbocycles. The van der Waals surface area contributed by atoms with Crippen molar-refractivity contribution in [1.29, 1.82) is 0 Å². The Morgan fingerprint density at radius 1 is 0.962 bits per heavy atom. The summed E-state index contributed by atoms with van der Waals surface area (Å²) in [7, 11) is 0. The van der Waals surface area contributed by atoms with E-state index in [9.17, 15) is 9.18 Å². The van der Waals surface area contributed by atoms with Crippen LogP contribution in [0, 0.1) is 17.7 Å². The fourth-order valence-electron chi connectivity index (χ4n) is 2.46. The Bertz CT molecular complexity index is 912. The molecule has 0 unspecified atom stereocenters. The minimum Gasteiger partial charge on any atom is -0.339 e. The zero-order valence-electron chi connectivity index (χ0n) is 15.3. The lowest BCUT2D eigenvalue weighted by molar-refractivity contribution is 0.100. The maximum atomic E-state index is 13.0. The van der Waals surface area contributed by atoms with Crippen LogP contribution < -0.4 is 0 Å². The Labute approximate surface area is 154 Å². The van der Waals surface area contributed by atoms with E-state index in [2.05, 4.69) is 11.8 Å². The number of aromatic nitrogens is 1. The van der Waals surface area contributed by atoms with Crippen LogP contribution >= 0.6 is 0 Å². The second-order valence-electron chi connectivity index (χ2n) is 5.54.